The number of nitrogens with zero attached hydrogens (tertiary/aromatic N) is 1. The maximum atomic E-state index is 12.9. The van der Waals surface area contributed by atoms with Crippen LogP contribution in [0.25, 0.3) is 22.1 Å². The van der Waals surface area contributed by atoms with Gasteiger partial charge in [0.05, 0.1) is 18.2 Å². The lowest BCUT2D eigenvalue weighted by atomic mass is 10.0. The SMILES string of the molecule is COc1ccc(-c2cc3ccc4c(c3oc2=O)CN(C(C)c2ccccc2)CO4)cc1. The monoisotopic (exact) mass is 413 g/mol. The van der Waals surface area contributed by atoms with Crippen molar-refractivity contribution in [3.63, 3.8) is 0 Å². The highest BCUT2D eigenvalue weighted by Crippen LogP contribution is 2.36. The second-order valence-electron chi connectivity index (χ2n) is 7.74. The summed E-state index contributed by atoms with van der Waals surface area (Å²) in [5.74, 6) is 1.51. The van der Waals surface area contributed by atoms with E-state index < -0.39 is 0 Å². The summed E-state index contributed by atoms with van der Waals surface area (Å²) in [4.78, 5) is 15.1. The Morgan fingerprint density at radius 1 is 1.00 bits per heavy atom. The summed E-state index contributed by atoms with van der Waals surface area (Å²) in [6, 6.07) is 23.7. The molecular formula is C26H23NO4. The molecule has 0 amide bonds. The molecule has 4 aromatic rings. The topological polar surface area (TPSA) is 51.9 Å². The molecule has 5 nitrogen and oxygen atoms in total. The Balaban J connectivity index is 1.53. The summed E-state index contributed by atoms with van der Waals surface area (Å²) in [6.45, 7) is 3.29. The van der Waals surface area contributed by atoms with Crippen LogP contribution in [0, 0.1) is 0 Å². The number of rotatable bonds is 4. The van der Waals surface area contributed by atoms with Crippen LogP contribution < -0.4 is 15.1 Å². The van der Waals surface area contributed by atoms with Crippen molar-refractivity contribution in [1.29, 1.82) is 0 Å². The number of fused-ring (bicyclic) bond motifs is 3. The fourth-order valence-electron chi connectivity index (χ4n) is 4.07. The highest BCUT2D eigenvalue weighted by molar-refractivity contribution is 5.86. The molecule has 1 atom stereocenters. The number of methoxy groups -OCH3 is 1. The molecule has 0 spiro atoms. The predicted molar refractivity (Wildman–Crippen MR) is 120 cm³/mol. The van der Waals surface area contributed by atoms with Gasteiger partial charge in [0, 0.05) is 18.0 Å². The first-order valence-corrected chi connectivity index (χ1v) is 10.3. The highest BCUT2D eigenvalue weighted by Gasteiger charge is 2.26. The van der Waals surface area contributed by atoms with E-state index in [1.165, 1.54) is 5.56 Å². The first kappa shape index (κ1) is 19.4. The van der Waals surface area contributed by atoms with E-state index >= 15 is 0 Å². The third kappa shape index (κ3) is 3.57. The van der Waals surface area contributed by atoms with Gasteiger partial charge in [-0.2, -0.15) is 0 Å². The van der Waals surface area contributed by atoms with E-state index in [1.807, 2.05) is 60.7 Å². The van der Waals surface area contributed by atoms with E-state index in [0.717, 1.165) is 28.0 Å². The van der Waals surface area contributed by atoms with Crippen molar-refractivity contribution in [3.05, 3.63) is 94.3 Å². The van der Waals surface area contributed by atoms with Gasteiger partial charge in [-0.25, -0.2) is 4.79 Å². The second kappa shape index (κ2) is 7.93. The molecule has 156 valence electrons. The number of hydrogen-bond acceptors (Lipinski definition) is 5. The van der Waals surface area contributed by atoms with Crippen LogP contribution in [0.15, 0.2) is 82.0 Å². The summed E-state index contributed by atoms with van der Waals surface area (Å²) in [7, 11) is 1.62. The van der Waals surface area contributed by atoms with Crippen molar-refractivity contribution in [1.82, 2.24) is 4.90 Å². The number of ether oxygens (including phenoxy) is 2. The van der Waals surface area contributed by atoms with Gasteiger partial charge >= 0.3 is 5.63 Å². The lowest BCUT2D eigenvalue weighted by Gasteiger charge is -2.34. The van der Waals surface area contributed by atoms with Crippen LogP contribution in [0.5, 0.6) is 11.5 Å². The smallest absolute Gasteiger partial charge is 0.344 e. The van der Waals surface area contributed by atoms with Crippen LogP contribution >= 0.6 is 0 Å². The van der Waals surface area contributed by atoms with Gasteiger partial charge in [-0.15, -0.1) is 0 Å². The molecule has 0 radical (unpaired) electrons. The minimum Gasteiger partial charge on any atom is -0.497 e. The van der Waals surface area contributed by atoms with E-state index in [0.29, 0.717) is 24.4 Å². The van der Waals surface area contributed by atoms with E-state index in [-0.39, 0.29) is 11.7 Å². The highest BCUT2D eigenvalue weighted by atomic mass is 16.5. The molecule has 1 aliphatic rings. The van der Waals surface area contributed by atoms with Crippen LogP contribution in [0.4, 0.5) is 0 Å². The molecule has 31 heavy (non-hydrogen) atoms. The fourth-order valence-corrected chi connectivity index (χ4v) is 4.07. The van der Waals surface area contributed by atoms with Crippen molar-refractivity contribution in [2.24, 2.45) is 0 Å². The maximum Gasteiger partial charge on any atom is 0.344 e. The normalized spacial score (nSPS) is 14.6. The van der Waals surface area contributed by atoms with Gasteiger partial charge in [-0.1, -0.05) is 42.5 Å². The lowest BCUT2D eigenvalue weighted by Crippen LogP contribution is -2.34. The zero-order valence-corrected chi connectivity index (χ0v) is 17.5. The third-order valence-corrected chi connectivity index (χ3v) is 5.94. The van der Waals surface area contributed by atoms with Crippen LogP contribution in [0.3, 0.4) is 0 Å². The zero-order chi connectivity index (χ0) is 21.4. The van der Waals surface area contributed by atoms with E-state index in [1.54, 1.807) is 7.11 Å². The van der Waals surface area contributed by atoms with Gasteiger partial charge in [0.1, 0.15) is 23.8 Å². The molecular weight excluding hydrogens is 390 g/mol. The molecule has 5 rings (SSSR count). The van der Waals surface area contributed by atoms with Crippen molar-refractivity contribution in [2.75, 3.05) is 13.8 Å². The third-order valence-electron chi connectivity index (χ3n) is 5.94. The summed E-state index contributed by atoms with van der Waals surface area (Å²) in [6.07, 6.45) is 0. The average molecular weight is 413 g/mol. The molecule has 2 heterocycles. The van der Waals surface area contributed by atoms with Crippen LogP contribution in [0.1, 0.15) is 24.1 Å². The van der Waals surface area contributed by atoms with E-state index in [2.05, 4.69) is 24.0 Å². The maximum absolute atomic E-state index is 12.9. The van der Waals surface area contributed by atoms with Crippen molar-refractivity contribution in [2.45, 2.75) is 19.5 Å². The number of hydrogen-bond donors (Lipinski definition) is 0. The average Bonchev–Trinajstić information content (AvgIpc) is 2.83. The Kier molecular flexibility index (Phi) is 4.96. The quantitative estimate of drug-likeness (QED) is 0.420. The van der Waals surface area contributed by atoms with Gasteiger partial charge < -0.3 is 13.9 Å². The van der Waals surface area contributed by atoms with Gasteiger partial charge in [-0.05, 0) is 48.4 Å². The molecule has 3 aromatic carbocycles. The first-order valence-electron chi connectivity index (χ1n) is 10.3. The number of benzene rings is 3. The molecule has 0 N–H and O–H groups in total. The van der Waals surface area contributed by atoms with E-state index in [4.69, 9.17) is 13.9 Å². The molecule has 0 saturated heterocycles. The zero-order valence-electron chi connectivity index (χ0n) is 17.5. The Morgan fingerprint density at radius 2 is 1.77 bits per heavy atom. The van der Waals surface area contributed by atoms with Gasteiger partial charge in [0.25, 0.3) is 0 Å². The Hall–Kier alpha value is -3.57. The minimum absolute atomic E-state index is 0.176. The standard InChI is InChI=1S/C26H23NO4/c1-17(18-6-4-3-5-7-18)27-15-23-24(30-16-27)13-10-20-14-22(26(28)31-25(20)23)19-8-11-21(29-2)12-9-19/h3-14,17H,15-16H2,1-2H3. The molecule has 0 fully saturated rings. The van der Waals surface area contributed by atoms with Gasteiger partial charge in [0.2, 0.25) is 0 Å². The molecule has 1 aromatic heterocycles. The summed E-state index contributed by atoms with van der Waals surface area (Å²) in [5.41, 5.74) is 3.68. The molecule has 1 unspecified atom stereocenters. The largest absolute Gasteiger partial charge is 0.497 e. The van der Waals surface area contributed by atoms with E-state index in [9.17, 15) is 4.79 Å². The molecule has 0 saturated carbocycles. The Bertz CT molecular complexity index is 1280. The first-order chi connectivity index (χ1) is 15.1. The molecule has 1 aliphatic heterocycles. The Labute approximate surface area is 180 Å². The summed E-state index contributed by atoms with van der Waals surface area (Å²) < 4.78 is 17.1. The minimum atomic E-state index is -0.362. The van der Waals surface area contributed by atoms with Crippen molar-refractivity contribution >= 4 is 11.0 Å². The van der Waals surface area contributed by atoms with Crippen LogP contribution in [-0.4, -0.2) is 18.7 Å². The molecule has 0 aliphatic carbocycles. The lowest BCUT2D eigenvalue weighted by molar-refractivity contribution is 0.0620. The predicted octanol–water partition coefficient (Wildman–Crippen LogP) is 5.38. The van der Waals surface area contributed by atoms with Crippen LogP contribution in [0.2, 0.25) is 0 Å². The van der Waals surface area contributed by atoms with Crippen molar-refractivity contribution in [3.8, 4) is 22.6 Å². The second-order valence-corrected chi connectivity index (χ2v) is 7.74. The van der Waals surface area contributed by atoms with Crippen LogP contribution in [-0.2, 0) is 6.54 Å². The fraction of sp³-hybridized carbons (Fsp3) is 0.192. The summed E-state index contributed by atoms with van der Waals surface area (Å²) >= 11 is 0. The van der Waals surface area contributed by atoms with Crippen molar-refractivity contribution < 1.29 is 13.9 Å². The summed E-state index contributed by atoms with van der Waals surface area (Å²) in [5, 5.41) is 0.877. The van der Waals surface area contributed by atoms with Gasteiger partial charge in [0.15, 0.2) is 0 Å². The molecule has 5 heteroatoms. The Morgan fingerprint density at radius 3 is 2.52 bits per heavy atom. The van der Waals surface area contributed by atoms with Gasteiger partial charge in [-0.3, -0.25) is 4.90 Å². The molecule has 0 bridgehead atoms.